The van der Waals surface area contributed by atoms with Crippen molar-refractivity contribution in [2.24, 2.45) is 0 Å². The van der Waals surface area contributed by atoms with E-state index in [0.29, 0.717) is 18.5 Å². The van der Waals surface area contributed by atoms with Crippen LogP contribution in [0.25, 0.3) is 0 Å². The van der Waals surface area contributed by atoms with Crippen LogP contribution in [0.15, 0.2) is 18.2 Å². The zero-order chi connectivity index (χ0) is 15.4. The summed E-state index contributed by atoms with van der Waals surface area (Å²) in [5, 5.41) is 5.19. The van der Waals surface area contributed by atoms with Crippen molar-refractivity contribution in [2.75, 3.05) is 13.6 Å². The molecule has 1 aromatic carbocycles. The fraction of sp³-hybridized carbons (Fsp3) is 0.429. The molecule has 0 saturated carbocycles. The van der Waals surface area contributed by atoms with Gasteiger partial charge in [0.05, 0.1) is 5.02 Å². The van der Waals surface area contributed by atoms with Crippen molar-refractivity contribution in [3.8, 4) is 0 Å². The summed E-state index contributed by atoms with van der Waals surface area (Å²) >= 11 is 5.69. The highest BCUT2D eigenvalue weighted by Crippen LogP contribution is 2.19. The summed E-state index contributed by atoms with van der Waals surface area (Å²) in [5.74, 6) is -0.815. The summed E-state index contributed by atoms with van der Waals surface area (Å²) in [6.07, 6.45) is 1.38. The quantitative estimate of drug-likeness (QED) is 0.895. The van der Waals surface area contributed by atoms with Crippen LogP contribution in [0.1, 0.15) is 18.4 Å². The predicted octanol–water partition coefficient (Wildman–Crippen LogP) is 1.90. The van der Waals surface area contributed by atoms with E-state index in [-0.39, 0.29) is 23.5 Å². The monoisotopic (exact) mass is 313 g/mol. The van der Waals surface area contributed by atoms with Crippen LogP contribution in [0.5, 0.6) is 0 Å². The SMILES string of the molecule is CNC(=O)N1CCC[C@H]1C(=O)NCc1cccc(Cl)c1F. The first-order chi connectivity index (χ1) is 10.0. The second-order valence-electron chi connectivity index (χ2n) is 4.84. The van der Waals surface area contributed by atoms with Gasteiger partial charge in [0, 0.05) is 25.7 Å². The average molecular weight is 314 g/mol. The maximum Gasteiger partial charge on any atom is 0.317 e. The first kappa shape index (κ1) is 15.6. The molecule has 1 aromatic rings. The molecule has 1 aliphatic heterocycles. The Morgan fingerprint density at radius 2 is 2.24 bits per heavy atom. The highest BCUT2D eigenvalue weighted by atomic mass is 35.5. The lowest BCUT2D eigenvalue weighted by Crippen LogP contribution is -2.48. The molecule has 7 heteroatoms. The third kappa shape index (κ3) is 3.44. The number of hydrogen-bond acceptors (Lipinski definition) is 2. The number of likely N-dealkylation sites (tertiary alicyclic amines) is 1. The average Bonchev–Trinajstić information content (AvgIpc) is 2.97. The van der Waals surface area contributed by atoms with E-state index in [1.807, 2.05) is 0 Å². The lowest BCUT2D eigenvalue weighted by molar-refractivity contribution is -0.124. The molecular weight excluding hydrogens is 297 g/mol. The first-order valence-corrected chi connectivity index (χ1v) is 7.11. The van der Waals surface area contributed by atoms with Crippen molar-refractivity contribution < 1.29 is 14.0 Å². The molecule has 1 aliphatic rings. The van der Waals surface area contributed by atoms with Gasteiger partial charge in [-0.2, -0.15) is 0 Å². The van der Waals surface area contributed by atoms with Gasteiger partial charge in [0.15, 0.2) is 0 Å². The van der Waals surface area contributed by atoms with Crippen molar-refractivity contribution in [1.29, 1.82) is 0 Å². The third-order valence-electron chi connectivity index (χ3n) is 3.51. The maximum absolute atomic E-state index is 13.7. The number of benzene rings is 1. The zero-order valence-electron chi connectivity index (χ0n) is 11.7. The van der Waals surface area contributed by atoms with Gasteiger partial charge in [-0.05, 0) is 18.9 Å². The lowest BCUT2D eigenvalue weighted by Gasteiger charge is -2.23. The van der Waals surface area contributed by atoms with E-state index >= 15 is 0 Å². The number of halogens is 2. The summed E-state index contributed by atoms with van der Waals surface area (Å²) < 4.78 is 13.7. The second kappa shape index (κ2) is 6.76. The number of carbonyl (C=O) groups is 2. The number of urea groups is 1. The standard InChI is InChI=1S/C14H17ClFN3O2/c1-17-14(21)19-7-3-6-11(19)13(20)18-8-9-4-2-5-10(15)12(9)16/h2,4-5,11H,3,6-8H2,1H3,(H,17,21)(H,18,20)/t11-/m0/s1. The number of nitrogens with zero attached hydrogens (tertiary/aromatic N) is 1. The van der Waals surface area contributed by atoms with Crippen LogP contribution >= 0.6 is 11.6 Å². The van der Waals surface area contributed by atoms with E-state index in [1.54, 1.807) is 12.1 Å². The molecule has 21 heavy (non-hydrogen) atoms. The van der Waals surface area contributed by atoms with Gasteiger partial charge in [0.2, 0.25) is 5.91 Å². The van der Waals surface area contributed by atoms with Crippen LogP contribution in [0, 0.1) is 5.82 Å². The molecule has 5 nitrogen and oxygen atoms in total. The number of rotatable bonds is 3. The highest BCUT2D eigenvalue weighted by Gasteiger charge is 2.33. The Labute approximate surface area is 127 Å². The molecule has 1 saturated heterocycles. The maximum atomic E-state index is 13.7. The minimum atomic E-state index is -0.533. The Kier molecular flexibility index (Phi) is 5.01. The Balaban J connectivity index is 1.98. The lowest BCUT2D eigenvalue weighted by atomic mass is 10.2. The van der Waals surface area contributed by atoms with Crippen LogP contribution in [-0.4, -0.2) is 36.5 Å². The third-order valence-corrected chi connectivity index (χ3v) is 3.81. The van der Waals surface area contributed by atoms with Gasteiger partial charge in [-0.1, -0.05) is 23.7 Å². The summed E-state index contributed by atoms with van der Waals surface area (Å²) in [4.78, 5) is 25.3. The van der Waals surface area contributed by atoms with E-state index in [9.17, 15) is 14.0 Å². The molecule has 0 spiro atoms. The Morgan fingerprint density at radius 3 is 2.95 bits per heavy atom. The van der Waals surface area contributed by atoms with Crippen molar-refractivity contribution in [2.45, 2.75) is 25.4 Å². The van der Waals surface area contributed by atoms with E-state index in [1.165, 1.54) is 18.0 Å². The van der Waals surface area contributed by atoms with Gasteiger partial charge in [-0.15, -0.1) is 0 Å². The molecule has 0 unspecified atom stereocenters. The summed E-state index contributed by atoms with van der Waals surface area (Å²) in [5.41, 5.74) is 0.320. The van der Waals surface area contributed by atoms with E-state index in [0.717, 1.165) is 6.42 Å². The Bertz CT molecular complexity index is 553. The molecule has 0 aromatic heterocycles. The number of nitrogens with one attached hydrogen (secondary N) is 2. The normalized spacial score (nSPS) is 17.7. The number of hydrogen-bond donors (Lipinski definition) is 2. The molecule has 1 atom stereocenters. The summed E-state index contributed by atoms with van der Waals surface area (Å²) in [6, 6.07) is 3.85. The molecule has 114 valence electrons. The van der Waals surface area contributed by atoms with Gasteiger partial charge >= 0.3 is 6.03 Å². The highest BCUT2D eigenvalue weighted by molar-refractivity contribution is 6.30. The number of amides is 3. The molecular formula is C14H17ClFN3O2. The van der Waals surface area contributed by atoms with E-state index in [4.69, 9.17) is 11.6 Å². The fourth-order valence-corrected chi connectivity index (χ4v) is 2.61. The Hall–Kier alpha value is -1.82. The van der Waals surface area contributed by atoms with Gasteiger partial charge < -0.3 is 15.5 Å². The Morgan fingerprint density at radius 1 is 1.48 bits per heavy atom. The van der Waals surface area contributed by atoms with Gasteiger partial charge in [-0.3, -0.25) is 4.79 Å². The molecule has 0 aliphatic carbocycles. The van der Waals surface area contributed by atoms with Crippen LogP contribution in [-0.2, 0) is 11.3 Å². The van der Waals surface area contributed by atoms with Crippen molar-refractivity contribution in [1.82, 2.24) is 15.5 Å². The number of carbonyl (C=O) groups excluding carboxylic acids is 2. The summed E-state index contributed by atoms with van der Waals surface area (Å²) in [6.45, 7) is 0.590. The van der Waals surface area contributed by atoms with Crippen molar-refractivity contribution in [3.05, 3.63) is 34.6 Å². The van der Waals surface area contributed by atoms with Crippen molar-refractivity contribution in [3.63, 3.8) is 0 Å². The van der Waals surface area contributed by atoms with Gasteiger partial charge in [0.25, 0.3) is 0 Å². The van der Waals surface area contributed by atoms with Gasteiger partial charge in [-0.25, -0.2) is 9.18 Å². The van der Waals surface area contributed by atoms with Gasteiger partial charge in [0.1, 0.15) is 11.9 Å². The molecule has 2 N–H and O–H groups in total. The zero-order valence-corrected chi connectivity index (χ0v) is 12.4. The smallest absolute Gasteiger partial charge is 0.317 e. The summed E-state index contributed by atoms with van der Waals surface area (Å²) in [7, 11) is 1.52. The first-order valence-electron chi connectivity index (χ1n) is 6.73. The predicted molar refractivity (Wildman–Crippen MR) is 77.4 cm³/mol. The van der Waals surface area contributed by atoms with Crippen LogP contribution in [0.2, 0.25) is 5.02 Å². The van der Waals surface area contributed by atoms with Crippen molar-refractivity contribution >= 4 is 23.5 Å². The fourth-order valence-electron chi connectivity index (χ4n) is 2.41. The molecule has 0 radical (unpaired) electrons. The molecule has 2 rings (SSSR count). The minimum absolute atomic E-state index is 0.0228. The molecule has 1 heterocycles. The minimum Gasteiger partial charge on any atom is -0.350 e. The molecule has 1 fully saturated rings. The van der Waals surface area contributed by atoms with E-state index < -0.39 is 11.9 Å². The molecule has 3 amide bonds. The van der Waals surface area contributed by atoms with Crippen LogP contribution in [0.3, 0.4) is 0 Å². The van der Waals surface area contributed by atoms with Crippen LogP contribution in [0.4, 0.5) is 9.18 Å². The van der Waals surface area contributed by atoms with E-state index in [2.05, 4.69) is 10.6 Å². The topological polar surface area (TPSA) is 61.4 Å². The molecule has 0 bridgehead atoms. The van der Waals surface area contributed by atoms with Crippen LogP contribution < -0.4 is 10.6 Å². The largest absolute Gasteiger partial charge is 0.350 e. The second-order valence-corrected chi connectivity index (χ2v) is 5.24.